The number of amides is 1. The molecule has 0 saturated heterocycles. The molecule has 0 spiro atoms. The van der Waals surface area contributed by atoms with Crippen molar-refractivity contribution in [2.24, 2.45) is 0 Å². The fourth-order valence-corrected chi connectivity index (χ4v) is 3.83. The number of hydrogen-bond donors (Lipinski definition) is 1. The Morgan fingerprint density at radius 2 is 1.62 bits per heavy atom. The van der Waals surface area contributed by atoms with E-state index in [2.05, 4.69) is 5.32 Å². The van der Waals surface area contributed by atoms with Crippen LogP contribution in [0, 0.1) is 0 Å². The summed E-state index contributed by atoms with van der Waals surface area (Å²) in [7, 11) is -3.62. The number of nitrogens with one attached hydrogen (secondary N) is 1. The molecule has 1 N–H and O–H groups in total. The molecule has 0 saturated carbocycles. The van der Waals surface area contributed by atoms with Crippen LogP contribution in [0.2, 0.25) is 0 Å². The van der Waals surface area contributed by atoms with Gasteiger partial charge in [0.15, 0.2) is 0 Å². The zero-order valence-corrected chi connectivity index (χ0v) is 14.9. The normalized spacial score (nSPS) is 11.3. The van der Waals surface area contributed by atoms with Gasteiger partial charge in [-0.25, -0.2) is 8.42 Å². The molecule has 128 valence electrons. The quantitative estimate of drug-likeness (QED) is 0.874. The minimum Gasteiger partial charge on any atom is -0.350 e. The largest absolute Gasteiger partial charge is 0.350 e. The molecule has 24 heavy (non-hydrogen) atoms. The number of nitrogens with zero attached hydrogens (tertiary/aromatic N) is 1. The molecule has 0 radical (unpaired) electrons. The van der Waals surface area contributed by atoms with Gasteiger partial charge in [0.05, 0.1) is 10.6 Å². The Morgan fingerprint density at radius 3 is 2.12 bits per heavy atom. The molecule has 0 atom stereocenters. The molecule has 5 nitrogen and oxygen atoms in total. The number of carbonyl (C=O) groups excluding carboxylic acids is 1. The summed E-state index contributed by atoms with van der Waals surface area (Å²) in [6.45, 7) is 5.85. The zero-order valence-electron chi connectivity index (χ0n) is 14.1. The lowest BCUT2D eigenvalue weighted by molar-refractivity contribution is 0.0943. The van der Waals surface area contributed by atoms with Gasteiger partial charge in [-0.05, 0) is 57.2 Å². The standard InChI is InChI=1S/C18H22N2O3S/c1-4-20(24(22,23)17-8-6-5-7-9-17)16-12-10-15(11-13-16)18(21)19-14(2)3/h5-14H,4H2,1-3H3,(H,19,21). The number of hydrogen-bond acceptors (Lipinski definition) is 3. The van der Waals surface area contributed by atoms with Crippen molar-refractivity contribution < 1.29 is 13.2 Å². The maximum absolute atomic E-state index is 12.8. The minimum absolute atomic E-state index is 0.0442. The monoisotopic (exact) mass is 346 g/mol. The number of carbonyl (C=O) groups is 1. The number of benzene rings is 2. The summed E-state index contributed by atoms with van der Waals surface area (Å²) in [5.74, 6) is -0.175. The first kappa shape index (κ1) is 18.0. The topological polar surface area (TPSA) is 66.5 Å². The third-order valence-electron chi connectivity index (χ3n) is 3.46. The second kappa shape index (κ2) is 7.49. The van der Waals surface area contributed by atoms with E-state index in [0.717, 1.165) is 0 Å². The maximum atomic E-state index is 12.8. The molecule has 1 amide bonds. The zero-order chi connectivity index (χ0) is 17.7. The summed E-state index contributed by atoms with van der Waals surface area (Å²) >= 11 is 0. The van der Waals surface area contributed by atoms with Crippen molar-refractivity contribution in [1.29, 1.82) is 0 Å². The Bertz CT molecular complexity index is 785. The predicted molar refractivity (Wildman–Crippen MR) is 95.7 cm³/mol. The molecule has 0 aromatic heterocycles. The smallest absolute Gasteiger partial charge is 0.264 e. The average molecular weight is 346 g/mol. The highest BCUT2D eigenvalue weighted by Gasteiger charge is 2.23. The lowest BCUT2D eigenvalue weighted by atomic mass is 10.2. The fraction of sp³-hybridized carbons (Fsp3) is 0.278. The van der Waals surface area contributed by atoms with Gasteiger partial charge >= 0.3 is 0 Å². The van der Waals surface area contributed by atoms with Crippen molar-refractivity contribution in [1.82, 2.24) is 5.32 Å². The highest BCUT2D eigenvalue weighted by Crippen LogP contribution is 2.23. The Morgan fingerprint density at radius 1 is 1.04 bits per heavy atom. The van der Waals surface area contributed by atoms with Crippen molar-refractivity contribution in [3.8, 4) is 0 Å². The van der Waals surface area contributed by atoms with E-state index in [0.29, 0.717) is 17.8 Å². The summed E-state index contributed by atoms with van der Waals surface area (Å²) < 4.78 is 26.9. The van der Waals surface area contributed by atoms with Crippen LogP contribution in [0.25, 0.3) is 0 Å². The summed E-state index contributed by atoms with van der Waals surface area (Å²) in [4.78, 5) is 12.2. The van der Waals surface area contributed by atoms with E-state index in [1.54, 1.807) is 61.5 Å². The molecule has 6 heteroatoms. The first-order valence-corrected chi connectivity index (χ1v) is 9.29. The van der Waals surface area contributed by atoms with Crippen LogP contribution < -0.4 is 9.62 Å². The third kappa shape index (κ3) is 3.94. The Balaban J connectivity index is 2.30. The van der Waals surface area contributed by atoms with Gasteiger partial charge in [0, 0.05) is 18.2 Å². The molecule has 0 aliphatic heterocycles. The van der Waals surface area contributed by atoms with Crippen LogP contribution in [0.5, 0.6) is 0 Å². The summed E-state index contributed by atoms with van der Waals surface area (Å²) in [6.07, 6.45) is 0. The van der Waals surface area contributed by atoms with Crippen molar-refractivity contribution in [2.75, 3.05) is 10.8 Å². The first-order valence-electron chi connectivity index (χ1n) is 7.85. The molecule has 0 bridgehead atoms. The van der Waals surface area contributed by atoms with Gasteiger partial charge in [-0.3, -0.25) is 9.10 Å². The molecule has 0 unspecified atom stereocenters. The van der Waals surface area contributed by atoms with E-state index < -0.39 is 10.0 Å². The SMILES string of the molecule is CCN(c1ccc(C(=O)NC(C)C)cc1)S(=O)(=O)c1ccccc1. The number of rotatable bonds is 6. The highest BCUT2D eigenvalue weighted by atomic mass is 32.2. The van der Waals surface area contributed by atoms with Gasteiger partial charge in [-0.2, -0.15) is 0 Å². The van der Waals surface area contributed by atoms with Crippen molar-refractivity contribution >= 4 is 21.6 Å². The number of sulfonamides is 1. The second-order valence-corrected chi connectivity index (χ2v) is 7.52. The van der Waals surface area contributed by atoms with Gasteiger partial charge in [0.1, 0.15) is 0 Å². The summed E-state index contributed by atoms with van der Waals surface area (Å²) in [6, 6.07) is 14.9. The molecule has 0 fully saturated rings. The van der Waals surface area contributed by atoms with E-state index >= 15 is 0 Å². The summed E-state index contributed by atoms with van der Waals surface area (Å²) in [5.41, 5.74) is 1.03. The highest BCUT2D eigenvalue weighted by molar-refractivity contribution is 7.92. The predicted octanol–water partition coefficient (Wildman–Crippen LogP) is 3.04. The van der Waals surface area contributed by atoms with Crippen molar-refractivity contribution in [2.45, 2.75) is 31.7 Å². The summed E-state index contributed by atoms with van der Waals surface area (Å²) in [5, 5.41) is 2.81. The van der Waals surface area contributed by atoms with E-state index in [-0.39, 0.29) is 16.8 Å². The molecule has 2 rings (SSSR count). The molecule has 0 heterocycles. The van der Waals surface area contributed by atoms with Gasteiger partial charge in [-0.1, -0.05) is 18.2 Å². The van der Waals surface area contributed by atoms with E-state index in [1.165, 1.54) is 4.31 Å². The maximum Gasteiger partial charge on any atom is 0.264 e. The van der Waals surface area contributed by atoms with Crippen molar-refractivity contribution in [3.63, 3.8) is 0 Å². The van der Waals surface area contributed by atoms with Crippen LogP contribution in [0.15, 0.2) is 59.5 Å². The minimum atomic E-state index is -3.62. The third-order valence-corrected chi connectivity index (χ3v) is 5.37. The number of anilines is 1. The van der Waals surface area contributed by atoms with E-state index in [4.69, 9.17) is 0 Å². The van der Waals surface area contributed by atoms with E-state index in [9.17, 15) is 13.2 Å². The van der Waals surface area contributed by atoms with E-state index in [1.807, 2.05) is 13.8 Å². The molecule has 2 aromatic rings. The van der Waals surface area contributed by atoms with Crippen LogP contribution in [-0.2, 0) is 10.0 Å². The lowest BCUT2D eigenvalue weighted by Gasteiger charge is -2.23. The van der Waals surface area contributed by atoms with Crippen LogP contribution in [0.3, 0.4) is 0 Å². The molecule has 2 aromatic carbocycles. The second-order valence-electron chi connectivity index (χ2n) is 5.66. The lowest BCUT2D eigenvalue weighted by Crippen LogP contribution is -2.31. The van der Waals surface area contributed by atoms with Crippen LogP contribution >= 0.6 is 0 Å². The van der Waals surface area contributed by atoms with Crippen LogP contribution in [0.4, 0.5) is 5.69 Å². The molecule has 0 aliphatic rings. The van der Waals surface area contributed by atoms with Gasteiger partial charge in [-0.15, -0.1) is 0 Å². The fourth-order valence-electron chi connectivity index (χ4n) is 2.34. The van der Waals surface area contributed by atoms with Gasteiger partial charge < -0.3 is 5.32 Å². The van der Waals surface area contributed by atoms with Gasteiger partial charge in [0.25, 0.3) is 15.9 Å². The van der Waals surface area contributed by atoms with Gasteiger partial charge in [0.2, 0.25) is 0 Å². The molecular weight excluding hydrogens is 324 g/mol. The molecule has 0 aliphatic carbocycles. The average Bonchev–Trinajstić information content (AvgIpc) is 2.56. The Kier molecular flexibility index (Phi) is 5.62. The van der Waals surface area contributed by atoms with Crippen molar-refractivity contribution in [3.05, 3.63) is 60.2 Å². The Labute approximate surface area is 143 Å². The first-order chi connectivity index (χ1) is 11.4. The van der Waals surface area contributed by atoms with Crippen LogP contribution in [0.1, 0.15) is 31.1 Å². The van der Waals surface area contributed by atoms with Crippen LogP contribution in [-0.4, -0.2) is 26.9 Å². The Hall–Kier alpha value is -2.34. The molecular formula is C18H22N2O3S.